The quantitative estimate of drug-likeness (QED) is 0.889. The van der Waals surface area contributed by atoms with Crippen LogP contribution in [-0.2, 0) is 0 Å². The number of hydrogen-bond donors (Lipinski definition) is 1. The fourth-order valence-corrected chi connectivity index (χ4v) is 2.86. The van der Waals surface area contributed by atoms with Gasteiger partial charge in [-0.3, -0.25) is 0 Å². The molecule has 0 fully saturated rings. The standard InChI is InChI=1S/C14H18N2OS/c1-4-12(15-3)11-7-5-6-8-13(11)18-14-16-10(2)9-17-14/h5-9,12,15H,4H2,1-3H3. The maximum absolute atomic E-state index is 5.40. The third-order valence-electron chi connectivity index (χ3n) is 2.85. The van der Waals surface area contributed by atoms with E-state index in [-0.39, 0.29) is 0 Å². The van der Waals surface area contributed by atoms with Crippen molar-refractivity contribution in [1.29, 1.82) is 0 Å². The summed E-state index contributed by atoms with van der Waals surface area (Å²) in [6.07, 6.45) is 2.74. The summed E-state index contributed by atoms with van der Waals surface area (Å²) in [5.41, 5.74) is 2.21. The molecule has 2 rings (SSSR count). The summed E-state index contributed by atoms with van der Waals surface area (Å²) in [5.74, 6) is 0. The van der Waals surface area contributed by atoms with E-state index in [2.05, 4.69) is 35.4 Å². The van der Waals surface area contributed by atoms with Crippen LogP contribution in [0.15, 0.2) is 45.1 Å². The first kappa shape index (κ1) is 13.2. The zero-order chi connectivity index (χ0) is 13.0. The number of benzene rings is 1. The molecular formula is C14H18N2OS. The van der Waals surface area contributed by atoms with Crippen molar-refractivity contribution in [2.45, 2.75) is 36.4 Å². The third-order valence-corrected chi connectivity index (χ3v) is 3.80. The highest BCUT2D eigenvalue weighted by molar-refractivity contribution is 7.99. The van der Waals surface area contributed by atoms with Crippen molar-refractivity contribution in [3.05, 3.63) is 41.8 Å². The fraction of sp³-hybridized carbons (Fsp3) is 0.357. The zero-order valence-corrected chi connectivity index (χ0v) is 11.8. The second-order valence-corrected chi connectivity index (χ2v) is 5.14. The molecule has 1 atom stereocenters. The van der Waals surface area contributed by atoms with Crippen LogP contribution in [0.2, 0.25) is 0 Å². The van der Waals surface area contributed by atoms with Crippen LogP contribution >= 0.6 is 11.8 Å². The molecule has 0 aliphatic carbocycles. The van der Waals surface area contributed by atoms with Crippen LogP contribution in [0.4, 0.5) is 0 Å². The van der Waals surface area contributed by atoms with E-state index < -0.39 is 0 Å². The van der Waals surface area contributed by atoms with E-state index in [0.29, 0.717) is 11.3 Å². The van der Waals surface area contributed by atoms with E-state index in [1.165, 1.54) is 10.5 Å². The van der Waals surface area contributed by atoms with Crippen molar-refractivity contribution in [2.75, 3.05) is 7.05 Å². The Kier molecular flexibility index (Phi) is 4.44. The van der Waals surface area contributed by atoms with Gasteiger partial charge in [0.2, 0.25) is 0 Å². The maximum Gasteiger partial charge on any atom is 0.260 e. The molecule has 0 amide bonds. The lowest BCUT2D eigenvalue weighted by atomic mass is 10.1. The molecule has 1 unspecified atom stereocenters. The van der Waals surface area contributed by atoms with Crippen molar-refractivity contribution < 1.29 is 4.42 Å². The van der Waals surface area contributed by atoms with E-state index in [4.69, 9.17) is 4.42 Å². The number of oxazole rings is 1. The molecule has 1 aromatic heterocycles. The van der Waals surface area contributed by atoms with Crippen LogP contribution in [-0.4, -0.2) is 12.0 Å². The van der Waals surface area contributed by atoms with E-state index >= 15 is 0 Å². The van der Waals surface area contributed by atoms with Gasteiger partial charge in [0.1, 0.15) is 6.26 Å². The van der Waals surface area contributed by atoms with Gasteiger partial charge in [-0.1, -0.05) is 25.1 Å². The highest BCUT2D eigenvalue weighted by atomic mass is 32.2. The van der Waals surface area contributed by atoms with E-state index in [1.807, 2.05) is 20.0 Å². The number of rotatable bonds is 5. The lowest BCUT2D eigenvalue weighted by Crippen LogP contribution is -2.15. The lowest BCUT2D eigenvalue weighted by Gasteiger charge is -2.17. The third kappa shape index (κ3) is 2.94. The summed E-state index contributed by atoms with van der Waals surface area (Å²) < 4.78 is 5.40. The molecule has 0 saturated heterocycles. The number of nitrogens with one attached hydrogen (secondary N) is 1. The van der Waals surface area contributed by atoms with Crippen molar-refractivity contribution in [2.24, 2.45) is 0 Å². The first-order valence-electron chi connectivity index (χ1n) is 6.10. The SMILES string of the molecule is CCC(NC)c1ccccc1Sc1nc(C)co1. The Hall–Kier alpha value is -1.26. The molecular weight excluding hydrogens is 244 g/mol. The summed E-state index contributed by atoms with van der Waals surface area (Å²) in [7, 11) is 1.99. The van der Waals surface area contributed by atoms with Gasteiger partial charge in [-0.05, 0) is 43.8 Å². The molecule has 18 heavy (non-hydrogen) atoms. The summed E-state index contributed by atoms with van der Waals surface area (Å²) >= 11 is 1.58. The second-order valence-electron chi connectivity index (χ2n) is 4.14. The predicted octanol–water partition coefficient (Wildman–Crippen LogP) is 3.80. The van der Waals surface area contributed by atoms with Crippen LogP contribution in [0.25, 0.3) is 0 Å². The van der Waals surface area contributed by atoms with E-state index in [9.17, 15) is 0 Å². The van der Waals surface area contributed by atoms with Gasteiger partial charge in [0.15, 0.2) is 0 Å². The lowest BCUT2D eigenvalue weighted by molar-refractivity contribution is 0.453. The molecule has 1 heterocycles. The molecule has 0 aliphatic rings. The Morgan fingerprint density at radius 3 is 2.78 bits per heavy atom. The molecule has 0 bridgehead atoms. The Morgan fingerprint density at radius 1 is 1.39 bits per heavy atom. The van der Waals surface area contributed by atoms with Gasteiger partial charge in [0, 0.05) is 10.9 Å². The minimum Gasteiger partial charge on any atom is -0.439 e. The summed E-state index contributed by atoms with van der Waals surface area (Å²) in [5, 5.41) is 4.03. The Labute approximate surface area is 112 Å². The van der Waals surface area contributed by atoms with E-state index in [0.717, 1.165) is 12.1 Å². The Morgan fingerprint density at radius 2 is 2.17 bits per heavy atom. The minimum absolute atomic E-state index is 0.366. The zero-order valence-electron chi connectivity index (χ0n) is 10.9. The van der Waals surface area contributed by atoms with Gasteiger partial charge in [0.05, 0.1) is 5.69 Å². The molecule has 0 radical (unpaired) electrons. The van der Waals surface area contributed by atoms with Gasteiger partial charge in [-0.25, -0.2) is 4.98 Å². The van der Waals surface area contributed by atoms with E-state index in [1.54, 1.807) is 18.0 Å². The number of aryl methyl sites for hydroxylation is 1. The van der Waals surface area contributed by atoms with Gasteiger partial charge < -0.3 is 9.73 Å². The minimum atomic E-state index is 0.366. The predicted molar refractivity (Wildman–Crippen MR) is 73.9 cm³/mol. The Bertz CT molecular complexity index is 506. The molecule has 3 nitrogen and oxygen atoms in total. The average molecular weight is 262 g/mol. The molecule has 0 saturated carbocycles. The van der Waals surface area contributed by atoms with Crippen molar-refractivity contribution in [3.63, 3.8) is 0 Å². The summed E-state index contributed by atoms with van der Waals surface area (Å²) in [6.45, 7) is 4.11. The molecule has 1 N–H and O–H groups in total. The monoisotopic (exact) mass is 262 g/mol. The summed E-state index contributed by atoms with van der Waals surface area (Å²) in [4.78, 5) is 5.53. The van der Waals surface area contributed by atoms with Crippen LogP contribution in [0, 0.1) is 6.92 Å². The number of nitrogens with zero attached hydrogens (tertiary/aromatic N) is 1. The smallest absolute Gasteiger partial charge is 0.260 e. The molecule has 4 heteroatoms. The summed E-state index contributed by atoms with van der Waals surface area (Å²) in [6, 6.07) is 8.75. The van der Waals surface area contributed by atoms with Gasteiger partial charge in [0.25, 0.3) is 5.22 Å². The van der Waals surface area contributed by atoms with Gasteiger partial charge >= 0.3 is 0 Å². The van der Waals surface area contributed by atoms with Crippen molar-refractivity contribution in [1.82, 2.24) is 10.3 Å². The highest BCUT2D eigenvalue weighted by Gasteiger charge is 2.13. The molecule has 0 spiro atoms. The molecule has 96 valence electrons. The normalized spacial score (nSPS) is 12.6. The largest absolute Gasteiger partial charge is 0.439 e. The fourth-order valence-electron chi connectivity index (χ4n) is 1.91. The van der Waals surface area contributed by atoms with Crippen molar-refractivity contribution >= 4 is 11.8 Å². The van der Waals surface area contributed by atoms with Crippen LogP contribution in [0.1, 0.15) is 30.6 Å². The highest BCUT2D eigenvalue weighted by Crippen LogP contribution is 2.33. The molecule has 1 aromatic carbocycles. The first-order valence-corrected chi connectivity index (χ1v) is 6.92. The van der Waals surface area contributed by atoms with Crippen molar-refractivity contribution in [3.8, 4) is 0 Å². The second kappa shape index (κ2) is 6.07. The van der Waals surface area contributed by atoms with Crippen LogP contribution in [0.3, 0.4) is 0 Å². The van der Waals surface area contributed by atoms with Gasteiger partial charge in [-0.15, -0.1) is 0 Å². The van der Waals surface area contributed by atoms with Gasteiger partial charge in [-0.2, -0.15) is 0 Å². The maximum atomic E-state index is 5.40. The average Bonchev–Trinajstić information content (AvgIpc) is 2.78. The number of aromatic nitrogens is 1. The van der Waals surface area contributed by atoms with Crippen LogP contribution < -0.4 is 5.32 Å². The first-order chi connectivity index (χ1) is 8.74. The number of hydrogen-bond acceptors (Lipinski definition) is 4. The van der Waals surface area contributed by atoms with Crippen LogP contribution in [0.5, 0.6) is 0 Å². The topological polar surface area (TPSA) is 38.1 Å². The molecule has 2 aromatic rings. The molecule has 0 aliphatic heterocycles. The Balaban J connectivity index is 2.27.